The van der Waals surface area contributed by atoms with Gasteiger partial charge in [-0.2, -0.15) is 0 Å². The molecule has 8 atom stereocenters. The van der Waals surface area contributed by atoms with Gasteiger partial charge < -0.3 is 24.1 Å². The standard InChI is InChI=1S/C29H46O6/c1-5-32-18-28-13-14-29(31,21-16-25(30)34-17-21)27(28,4)12-10-23-24(28)8-7-20-15-22(35-19-33-6-2)9-11-26(20,23)3/h16,20,22-24,31H,5-15,17-19H2,1-4H3/t20-,22+,23+,24-,26+,27+,28?,29+/m1/s1. The number of esters is 1. The zero-order valence-corrected chi connectivity index (χ0v) is 22.3. The molecule has 1 unspecified atom stereocenters. The van der Waals surface area contributed by atoms with Gasteiger partial charge in [-0.1, -0.05) is 13.8 Å². The molecule has 0 aromatic carbocycles. The molecule has 4 fully saturated rings. The van der Waals surface area contributed by atoms with Crippen LogP contribution in [0.1, 0.15) is 85.5 Å². The minimum Gasteiger partial charge on any atom is -0.458 e. The minimum absolute atomic E-state index is 0.0799. The van der Waals surface area contributed by atoms with Crippen molar-refractivity contribution in [2.45, 2.75) is 97.2 Å². The fraction of sp³-hybridized carbons (Fsp3) is 0.897. The molecule has 6 nitrogen and oxygen atoms in total. The second-order valence-electron chi connectivity index (χ2n) is 12.5. The molecule has 0 saturated heterocycles. The summed E-state index contributed by atoms with van der Waals surface area (Å²) in [6.07, 6.45) is 11.5. The molecule has 35 heavy (non-hydrogen) atoms. The lowest BCUT2D eigenvalue weighted by molar-refractivity contribution is -0.214. The SMILES string of the molecule is CCOCO[C@H]1CC[C@@]2(C)[C@H](CC[C@@H]3[C@@H]2CC[C@@]2(C)C3(COCC)CC[C@]2(O)C2=CC(=O)OC2)C1. The highest BCUT2D eigenvalue weighted by atomic mass is 16.7. The van der Waals surface area contributed by atoms with Crippen molar-refractivity contribution < 1.29 is 28.8 Å². The van der Waals surface area contributed by atoms with Gasteiger partial charge in [-0.25, -0.2) is 4.79 Å². The number of carbonyl (C=O) groups excluding carboxylic acids is 1. The Labute approximate surface area is 211 Å². The Bertz CT molecular complexity index is 841. The van der Waals surface area contributed by atoms with Crippen LogP contribution in [0.25, 0.3) is 0 Å². The van der Waals surface area contributed by atoms with Gasteiger partial charge in [0, 0.05) is 35.7 Å². The molecule has 0 aromatic heterocycles. The summed E-state index contributed by atoms with van der Waals surface area (Å²) in [5.41, 5.74) is -0.306. The molecule has 0 spiro atoms. The number of carbonyl (C=O) groups is 1. The van der Waals surface area contributed by atoms with Crippen LogP contribution >= 0.6 is 0 Å². The predicted octanol–water partition coefficient (Wildman–Crippen LogP) is 5.03. The summed E-state index contributed by atoms with van der Waals surface area (Å²) in [4.78, 5) is 12.0. The van der Waals surface area contributed by atoms with Crippen LogP contribution in [-0.4, -0.2) is 56.0 Å². The molecule has 4 aliphatic carbocycles. The maximum Gasteiger partial charge on any atom is 0.331 e. The van der Waals surface area contributed by atoms with Gasteiger partial charge in [0.2, 0.25) is 0 Å². The van der Waals surface area contributed by atoms with E-state index in [1.165, 1.54) is 19.3 Å². The molecule has 0 aromatic rings. The first-order valence-corrected chi connectivity index (χ1v) is 14.1. The van der Waals surface area contributed by atoms with Gasteiger partial charge in [0.05, 0.1) is 18.3 Å². The first-order valence-electron chi connectivity index (χ1n) is 14.1. The largest absolute Gasteiger partial charge is 0.458 e. The highest BCUT2D eigenvalue weighted by molar-refractivity contribution is 5.85. The molecule has 5 aliphatic rings. The van der Waals surface area contributed by atoms with E-state index in [9.17, 15) is 9.90 Å². The van der Waals surface area contributed by atoms with E-state index < -0.39 is 5.60 Å². The second-order valence-corrected chi connectivity index (χ2v) is 12.5. The normalized spacial score (nSPS) is 47.0. The van der Waals surface area contributed by atoms with Crippen molar-refractivity contribution in [2.24, 2.45) is 34.0 Å². The average molecular weight is 491 g/mol. The van der Waals surface area contributed by atoms with Crippen LogP contribution in [0, 0.1) is 34.0 Å². The van der Waals surface area contributed by atoms with Crippen molar-refractivity contribution >= 4 is 5.97 Å². The number of aliphatic hydroxyl groups is 1. The third kappa shape index (κ3) is 3.76. The van der Waals surface area contributed by atoms with Crippen LogP contribution in [0.4, 0.5) is 0 Å². The molecule has 0 bridgehead atoms. The lowest BCUT2D eigenvalue weighted by Gasteiger charge is -2.66. The van der Waals surface area contributed by atoms with Crippen LogP contribution in [0.15, 0.2) is 11.6 Å². The van der Waals surface area contributed by atoms with Crippen LogP contribution in [0.3, 0.4) is 0 Å². The summed E-state index contributed by atoms with van der Waals surface area (Å²) in [5.74, 6) is 1.54. The lowest BCUT2D eigenvalue weighted by Crippen LogP contribution is -2.63. The number of ether oxygens (including phenoxy) is 4. The van der Waals surface area contributed by atoms with Gasteiger partial charge in [-0.3, -0.25) is 0 Å². The highest BCUT2D eigenvalue weighted by Crippen LogP contribution is 2.74. The van der Waals surface area contributed by atoms with Crippen LogP contribution in [-0.2, 0) is 23.7 Å². The van der Waals surface area contributed by atoms with Gasteiger partial charge in [0.1, 0.15) is 13.4 Å². The van der Waals surface area contributed by atoms with Gasteiger partial charge in [0.25, 0.3) is 0 Å². The molecule has 1 aliphatic heterocycles. The highest BCUT2D eigenvalue weighted by Gasteiger charge is 2.72. The number of hydrogen-bond donors (Lipinski definition) is 1. The van der Waals surface area contributed by atoms with Crippen molar-refractivity contribution in [1.82, 2.24) is 0 Å². The Morgan fingerprint density at radius 1 is 1.00 bits per heavy atom. The van der Waals surface area contributed by atoms with E-state index in [1.807, 2.05) is 6.92 Å². The van der Waals surface area contributed by atoms with Crippen molar-refractivity contribution in [3.05, 3.63) is 11.6 Å². The van der Waals surface area contributed by atoms with Gasteiger partial charge in [-0.15, -0.1) is 0 Å². The molecule has 5 rings (SSSR count). The van der Waals surface area contributed by atoms with E-state index in [1.54, 1.807) is 6.08 Å². The van der Waals surface area contributed by atoms with Crippen LogP contribution < -0.4 is 0 Å². The maximum absolute atomic E-state index is 12.3. The summed E-state index contributed by atoms with van der Waals surface area (Å²) < 4.78 is 23.1. The first kappa shape index (κ1) is 25.7. The fourth-order valence-corrected chi connectivity index (χ4v) is 9.54. The Morgan fingerprint density at radius 2 is 1.80 bits per heavy atom. The van der Waals surface area contributed by atoms with Crippen molar-refractivity contribution in [2.75, 3.05) is 33.2 Å². The quantitative estimate of drug-likeness (QED) is 0.292. The Kier molecular flexibility index (Phi) is 6.91. The summed E-state index contributed by atoms with van der Waals surface area (Å²) in [7, 11) is 0. The van der Waals surface area contributed by atoms with E-state index in [4.69, 9.17) is 18.9 Å². The average Bonchev–Trinajstić information content (AvgIpc) is 3.38. The topological polar surface area (TPSA) is 74.2 Å². The smallest absolute Gasteiger partial charge is 0.331 e. The zero-order valence-electron chi connectivity index (χ0n) is 22.3. The van der Waals surface area contributed by atoms with Gasteiger partial charge in [0.15, 0.2) is 0 Å². The van der Waals surface area contributed by atoms with E-state index in [2.05, 4.69) is 20.8 Å². The van der Waals surface area contributed by atoms with Crippen LogP contribution in [0.5, 0.6) is 0 Å². The molecule has 0 amide bonds. The third-order valence-corrected chi connectivity index (χ3v) is 11.6. The van der Waals surface area contributed by atoms with E-state index in [0.29, 0.717) is 62.3 Å². The molecule has 6 heteroatoms. The Balaban J connectivity index is 1.43. The molecule has 1 heterocycles. The third-order valence-electron chi connectivity index (χ3n) is 11.6. The Hall–Kier alpha value is -0.950. The van der Waals surface area contributed by atoms with Crippen molar-refractivity contribution in [3.8, 4) is 0 Å². The van der Waals surface area contributed by atoms with E-state index in [-0.39, 0.29) is 23.4 Å². The maximum atomic E-state index is 12.3. The van der Waals surface area contributed by atoms with E-state index >= 15 is 0 Å². The summed E-state index contributed by atoms with van der Waals surface area (Å²) in [5, 5.41) is 12.3. The van der Waals surface area contributed by atoms with Gasteiger partial charge in [-0.05, 0) is 94.8 Å². The monoisotopic (exact) mass is 490 g/mol. The molecule has 1 N–H and O–H groups in total. The number of rotatable bonds is 8. The zero-order chi connectivity index (χ0) is 24.9. The first-order chi connectivity index (χ1) is 16.7. The van der Waals surface area contributed by atoms with E-state index in [0.717, 1.165) is 37.7 Å². The fourth-order valence-electron chi connectivity index (χ4n) is 9.54. The second kappa shape index (κ2) is 9.41. The lowest BCUT2D eigenvalue weighted by atomic mass is 9.39. The minimum atomic E-state index is -0.996. The van der Waals surface area contributed by atoms with Crippen molar-refractivity contribution in [1.29, 1.82) is 0 Å². The molecule has 4 saturated carbocycles. The number of cyclic esters (lactones) is 1. The van der Waals surface area contributed by atoms with Crippen LogP contribution in [0.2, 0.25) is 0 Å². The molecular weight excluding hydrogens is 444 g/mol. The Morgan fingerprint density at radius 3 is 2.51 bits per heavy atom. The number of hydrogen-bond acceptors (Lipinski definition) is 6. The summed E-state index contributed by atoms with van der Waals surface area (Å²) in [6, 6.07) is 0. The molecule has 198 valence electrons. The molecule has 0 radical (unpaired) electrons. The predicted molar refractivity (Wildman–Crippen MR) is 133 cm³/mol. The van der Waals surface area contributed by atoms with Gasteiger partial charge >= 0.3 is 5.97 Å². The van der Waals surface area contributed by atoms with Crippen molar-refractivity contribution in [3.63, 3.8) is 0 Å². The molecular formula is C29H46O6. The summed E-state index contributed by atoms with van der Waals surface area (Å²) in [6.45, 7) is 11.7. The number of fused-ring (bicyclic) bond motifs is 5. The summed E-state index contributed by atoms with van der Waals surface area (Å²) >= 11 is 0.